The summed E-state index contributed by atoms with van der Waals surface area (Å²) in [4.78, 5) is 12.3. The predicted molar refractivity (Wildman–Crippen MR) is 123 cm³/mol. The highest BCUT2D eigenvalue weighted by Gasteiger charge is 2.14. The van der Waals surface area contributed by atoms with Crippen LogP contribution in [-0.2, 0) is 17.9 Å². The number of benzene rings is 2. The maximum atomic E-state index is 12.3. The molecule has 0 aliphatic rings. The Morgan fingerprint density at radius 3 is 2.84 bits per heavy atom. The zero-order chi connectivity index (χ0) is 22.2. The fourth-order valence-corrected chi connectivity index (χ4v) is 3.61. The van der Waals surface area contributed by atoms with Crippen molar-refractivity contribution in [3.05, 3.63) is 71.5 Å². The molecule has 1 heterocycles. The minimum absolute atomic E-state index is 0.152. The quantitative estimate of drug-likeness (QED) is 0.349. The first kappa shape index (κ1) is 22.7. The van der Waals surface area contributed by atoms with Crippen LogP contribution >= 0.6 is 23.4 Å². The summed E-state index contributed by atoms with van der Waals surface area (Å²) in [6, 6.07) is 12.7. The third-order valence-corrected chi connectivity index (χ3v) is 5.68. The molecular formula is C22H23ClN4O3S. The number of hydrogen-bond acceptors (Lipinski definition) is 6. The minimum atomic E-state index is -0.152. The summed E-state index contributed by atoms with van der Waals surface area (Å²) in [5.41, 5.74) is 1.61. The summed E-state index contributed by atoms with van der Waals surface area (Å²) in [5, 5.41) is 12.6. The molecule has 1 amide bonds. The van der Waals surface area contributed by atoms with Crippen molar-refractivity contribution in [2.45, 2.75) is 25.2 Å². The number of amides is 1. The number of carbonyl (C=O) groups is 1. The second kappa shape index (κ2) is 10.9. The Morgan fingerprint density at radius 2 is 2.10 bits per heavy atom. The molecule has 0 radical (unpaired) electrons. The van der Waals surface area contributed by atoms with Crippen molar-refractivity contribution in [2.75, 3.05) is 18.2 Å². The van der Waals surface area contributed by atoms with Gasteiger partial charge in [0.1, 0.15) is 18.1 Å². The van der Waals surface area contributed by atoms with Crippen LogP contribution < -0.4 is 14.8 Å². The highest BCUT2D eigenvalue weighted by atomic mass is 35.5. The maximum Gasteiger partial charge on any atom is 0.234 e. The standard InChI is InChI=1S/C22H23ClN4O3S/c1-4-10-27-20(13-30-18-8-9-19(23)15(2)11-18)25-26-22(27)31-14-21(28)24-16-6-5-7-17(12-16)29-3/h4-9,11-12H,1,10,13-14H2,2-3H3,(H,24,28). The van der Waals surface area contributed by atoms with Gasteiger partial charge < -0.3 is 14.8 Å². The Hall–Kier alpha value is -2.97. The summed E-state index contributed by atoms with van der Waals surface area (Å²) in [6.45, 7) is 6.45. The first-order valence-electron chi connectivity index (χ1n) is 9.48. The number of nitrogens with one attached hydrogen (secondary N) is 1. The fraction of sp³-hybridized carbons (Fsp3) is 0.227. The molecule has 31 heavy (non-hydrogen) atoms. The van der Waals surface area contributed by atoms with E-state index in [2.05, 4.69) is 22.1 Å². The van der Waals surface area contributed by atoms with E-state index in [-0.39, 0.29) is 18.3 Å². The summed E-state index contributed by atoms with van der Waals surface area (Å²) in [7, 11) is 1.58. The van der Waals surface area contributed by atoms with Crippen LogP contribution in [-0.4, -0.2) is 33.5 Å². The van der Waals surface area contributed by atoms with Crippen LogP contribution in [0.2, 0.25) is 5.02 Å². The molecule has 162 valence electrons. The first-order valence-corrected chi connectivity index (χ1v) is 10.8. The summed E-state index contributed by atoms with van der Waals surface area (Å²) < 4.78 is 12.9. The number of rotatable bonds is 10. The van der Waals surface area contributed by atoms with E-state index < -0.39 is 0 Å². The van der Waals surface area contributed by atoms with Crippen molar-refractivity contribution in [1.82, 2.24) is 14.8 Å². The van der Waals surface area contributed by atoms with E-state index in [1.54, 1.807) is 31.4 Å². The van der Waals surface area contributed by atoms with Crippen LogP contribution in [0.4, 0.5) is 5.69 Å². The van der Waals surface area contributed by atoms with E-state index in [0.29, 0.717) is 39.7 Å². The van der Waals surface area contributed by atoms with Gasteiger partial charge in [0.15, 0.2) is 11.0 Å². The van der Waals surface area contributed by atoms with Crippen LogP contribution in [0.3, 0.4) is 0 Å². The molecule has 3 rings (SSSR count). The van der Waals surface area contributed by atoms with Crippen molar-refractivity contribution in [1.29, 1.82) is 0 Å². The molecule has 3 aromatic rings. The van der Waals surface area contributed by atoms with Gasteiger partial charge in [-0.25, -0.2) is 0 Å². The third-order valence-electron chi connectivity index (χ3n) is 4.29. The lowest BCUT2D eigenvalue weighted by Crippen LogP contribution is -2.15. The molecule has 0 fully saturated rings. The molecule has 0 aliphatic heterocycles. The zero-order valence-electron chi connectivity index (χ0n) is 17.3. The lowest BCUT2D eigenvalue weighted by molar-refractivity contribution is -0.113. The number of carbonyl (C=O) groups excluding carboxylic acids is 1. The number of allylic oxidation sites excluding steroid dienone is 1. The van der Waals surface area contributed by atoms with Crippen LogP contribution in [0, 0.1) is 6.92 Å². The van der Waals surface area contributed by atoms with Gasteiger partial charge in [0.25, 0.3) is 0 Å². The van der Waals surface area contributed by atoms with Gasteiger partial charge in [-0.3, -0.25) is 9.36 Å². The highest BCUT2D eigenvalue weighted by Crippen LogP contribution is 2.23. The van der Waals surface area contributed by atoms with Crippen LogP contribution in [0.15, 0.2) is 60.3 Å². The summed E-state index contributed by atoms with van der Waals surface area (Å²) in [5.74, 6) is 2.05. The van der Waals surface area contributed by atoms with Gasteiger partial charge in [0.05, 0.1) is 12.9 Å². The molecule has 0 bridgehead atoms. The molecule has 0 saturated heterocycles. The van der Waals surface area contributed by atoms with Gasteiger partial charge in [-0.05, 0) is 42.8 Å². The number of anilines is 1. The topological polar surface area (TPSA) is 78.3 Å². The van der Waals surface area contributed by atoms with Crippen LogP contribution in [0.25, 0.3) is 0 Å². The smallest absolute Gasteiger partial charge is 0.234 e. The summed E-state index contributed by atoms with van der Waals surface area (Å²) in [6.07, 6.45) is 1.75. The second-order valence-corrected chi connectivity index (χ2v) is 7.92. The van der Waals surface area contributed by atoms with Crippen LogP contribution in [0.1, 0.15) is 11.4 Å². The number of hydrogen-bond donors (Lipinski definition) is 1. The molecule has 1 aromatic heterocycles. The van der Waals surface area contributed by atoms with Gasteiger partial charge in [0.2, 0.25) is 5.91 Å². The maximum absolute atomic E-state index is 12.3. The van der Waals surface area contributed by atoms with E-state index in [4.69, 9.17) is 21.1 Å². The van der Waals surface area contributed by atoms with E-state index in [1.165, 1.54) is 11.8 Å². The average molecular weight is 459 g/mol. The molecule has 0 saturated carbocycles. The SMILES string of the molecule is C=CCn1c(COc2ccc(Cl)c(C)c2)nnc1SCC(=O)Nc1cccc(OC)c1. The van der Waals surface area contributed by atoms with Gasteiger partial charge >= 0.3 is 0 Å². The lowest BCUT2D eigenvalue weighted by Gasteiger charge is -2.10. The molecule has 0 spiro atoms. The zero-order valence-corrected chi connectivity index (χ0v) is 18.9. The molecule has 0 unspecified atom stereocenters. The molecular weight excluding hydrogens is 436 g/mol. The summed E-state index contributed by atoms with van der Waals surface area (Å²) >= 11 is 7.36. The van der Waals surface area contributed by atoms with Crippen molar-refractivity contribution in [3.8, 4) is 11.5 Å². The van der Waals surface area contributed by atoms with Crippen LogP contribution in [0.5, 0.6) is 11.5 Å². The van der Waals surface area contributed by atoms with Crippen molar-refractivity contribution >= 4 is 35.0 Å². The number of aryl methyl sites for hydroxylation is 1. The monoisotopic (exact) mass is 458 g/mol. The largest absolute Gasteiger partial charge is 0.497 e. The van der Waals surface area contributed by atoms with Gasteiger partial charge in [-0.2, -0.15) is 0 Å². The number of halogens is 1. The van der Waals surface area contributed by atoms with Crippen molar-refractivity contribution < 1.29 is 14.3 Å². The van der Waals surface area contributed by atoms with Crippen molar-refractivity contribution in [2.24, 2.45) is 0 Å². The van der Waals surface area contributed by atoms with E-state index in [9.17, 15) is 4.79 Å². The van der Waals surface area contributed by atoms with Gasteiger partial charge in [-0.15, -0.1) is 16.8 Å². The number of nitrogens with zero attached hydrogens (tertiary/aromatic N) is 3. The van der Waals surface area contributed by atoms with E-state index in [0.717, 1.165) is 5.56 Å². The Morgan fingerprint density at radius 1 is 1.26 bits per heavy atom. The molecule has 7 nitrogen and oxygen atoms in total. The Bertz CT molecular complexity index is 1070. The van der Waals surface area contributed by atoms with Gasteiger partial charge in [0, 0.05) is 23.3 Å². The average Bonchev–Trinajstić information content (AvgIpc) is 3.15. The van der Waals surface area contributed by atoms with Crippen molar-refractivity contribution in [3.63, 3.8) is 0 Å². The number of aromatic nitrogens is 3. The fourth-order valence-electron chi connectivity index (χ4n) is 2.73. The molecule has 9 heteroatoms. The first-order chi connectivity index (χ1) is 15.0. The molecule has 1 N–H and O–H groups in total. The number of methoxy groups -OCH3 is 1. The minimum Gasteiger partial charge on any atom is -0.497 e. The molecule has 0 aliphatic carbocycles. The Kier molecular flexibility index (Phi) is 7.97. The number of thioether (sulfide) groups is 1. The van der Waals surface area contributed by atoms with E-state index >= 15 is 0 Å². The Labute approximate surface area is 190 Å². The van der Waals surface area contributed by atoms with Gasteiger partial charge in [-0.1, -0.05) is 35.5 Å². The molecule has 2 aromatic carbocycles. The second-order valence-electron chi connectivity index (χ2n) is 6.57. The Balaban J connectivity index is 1.61. The predicted octanol–water partition coefficient (Wildman–Crippen LogP) is 4.74. The normalized spacial score (nSPS) is 10.5. The number of ether oxygens (including phenoxy) is 2. The van der Waals surface area contributed by atoms with E-state index in [1.807, 2.05) is 35.8 Å². The lowest BCUT2D eigenvalue weighted by atomic mass is 10.2. The third kappa shape index (κ3) is 6.26. The molecule has 0 atom stereocenters. The highest BCUT2D eigenvalue weighted by molar-refractivity contribution is 7.99.